The summed E-state index contributed by atoms with van der Waals surface area (Å²) >= 11 is 0. The van der Waals surface area contributed by atoms with Crippen molar-refractivity contribution in [3.05, 3.63) is 89.0 Å². The lowest BCUT2D eigenvalue weighted by Crippen LogP contribution is -2.54. The molecule has 3 aromatic rings. The largest absolute Gasteiger partial charge is 0.508 e. The molecule has 0 saturated heterocycles. The van der Waals surface area contributed by atoms with Crippen LogP contribution in [0, 0.1) is 13.8 Å². The van der Waals surface area contributed by atoms with Gasteiger partial charge in [-0.2, -0.15) is 0 Å². The molecular formula is C34H41N3O6. The van der Waals surface area contributed by atoms with Crippen molar-refractivity contribution in [2.45, 2.75) is 77.6 Å². The predicted molar refractivity (Wildman–Crippen MR) is 165 cm³/mol. The Hall–Kier alpha value is -4.53. The molecule has 2 unspecified atom stereocenters. The number of phenols is 1. The van der Waals surface area contributed by atoms with E-state index >= 15 is 0 Å². The number of carbonyl (C=O) groups is 3. The van der Waals surface area contributed by atoms with E-state index in [-0.39, 0.29) is 24.1 Å². The number of aromatic hydroxyl groups is 1. The van der Waals surface area contributed by atoms with Crippen LogP contribution < -0.4 is 15.4 Å². The van der Waals surface area contributed by atoms with Crippen LogP contribution in [0.5, 0.6) is 11.5 Å². The van der Waals surface area contributed by atoms with Crippen molar-refractivity contribution < 1.29 is 29.0 Å². The van der Waals surface area contributed by atoms with Crippen LogP contribution >= 0.6 is 0 Å². The standard InChI is InChI=1S/C34H41N3O6/c1-21-7-8-22(2)28(19-21)30(31(39)35-24-11-17-27(42-6)18-12-24)37(25-13-14-25)32(40)29(36-33(41)43-34(3,4)5)20-23-9-15-26(38)16-10-23/h7-12,15-19,25,29-30,38H,13-14,20H2,1-6H3,(H,35,39)(H,36,41). The van der Waals surface area contributed by atoms with E-state index in [0.717, 1.165) is 29.5 Å². The van der Waals surface area contributed by atoms with Gasteiger partial charge in [-0.3, -0.25) is 9.59 Å². The van der Waals surface area contributed by atoms with Gasteiger partial charge in [0.1, 0.15) is 29.2 Å². The smallest absolute Gasteiger partial charge is 0.408 e. The zero-order chi connectivity index (χ0) is 31.3. The van der Waals surface area contributed by atoms with E-state index in [1.54, 1.807) is 69.2 Å². The van der Waals surface area contributed by atoms with E-state index in [9.17, 15) is 19.5 Å². The van der Waals surface area contributed by atoms with Crippen LogP contribution in [0.1, 0.15) is 61.9 Å². The molecule has 43 heavy (non-hydrogen) atoms. The Morgan fingerprint density at radius 1 is 0.977 bits per heavy atom. The predicted octanol–water partition coefficient (Wildman–Crippen LogP) is 5.82. The molecule has 3 amide bonds. The first-order chi connectivity index (χ1) is 20.3. The van der Waals surface area contributed by atoms with Gasteiger partial charge in [0, 0.05) is 18.2 Å². The first kappa shape index (κ1) is 31.4. The number of hydrogen-bond acceptors (Lipinski definition) is 6. The maximum Gasteiger partial charge on any atom is 0.408 e. The number of amides is 3. The van der Waals surface area contributed by atoms with Gasteiger partial charge >= 0.3 is 6.09 Å². The molecule has 0 heterocycles. The number of alkyl carbamates (subject to hydrolysis) is 1. The molecule has 3 aromatic carbocycles. The Morgan fingerprint density at radius 3 is 2.21 bits per heavy atom. The highest BCUT2D eigenvalue weighted by Crippen LogP contribution is 2.38. The Kier molecular flexibility index (Phi) is 9.63. The normalized spacial score (nSPS) is 14.3. The molecule has 0 bridgehead atoms. The molecule has 2 atom stereocenters. The van der Waals surface area contributed by atoms with Crippen molar-refractivity contribution in [2.75, 3.05) is 12.4 Å². The second kappa shape index (κ2) is 13.2. The highest BCUT2D eigenvalue weighted by Gasteiger charge is 2.44. The number of benzene rings is 3. The minimum atomic E-state index is -1.03. The monoisotopic (exact) mass is 587 g/mol. The lowest BCUT2D eigenvalue weighted by molar-refractivity contribution is -0.141. The number of rotatable bonds is 10. The molecule has 228 valence electrons. The molecule has 4 rings (SSSR count). The molecule has 0 radical (unpaired) electrons. The average molecular weight is 588 g/mol. The van der Waals surface area contributed by atoms with Crippen molar-refractivity contribution >= 4 is 23.6 Å². The third-order valence-corrected chi connectivity index (χ3v) is 7.17. The summed E-state index contributed by atoms with van der Waals surface area (Å²) in [6, 6.07) is 17.2. The zero-order valence-corrected chi connectivity index (χ0v) is 25.6. The highest BCUT2D eigenvalue weighted by atomic mass is 16.6. The van der Waals surface area contributed by atoms with Crippen molar-refractivity contribution in [1.29, 1.82) is 0 Å². The molecule has 0 spiro atoms. The molecule has 1 aliphatic rings. The van der Waals surface area contributed by atoms with Gasteiger partial charge in [-0.1, -0.05) is 35.9 Å². The van der Waals surface area contributed by atoms with E-state index in [1.807, 2.05) is 32.0 Å². The fourth-order valence-corrected chi connectivity index (χ4v) is 4.93. The minimum Gasteiger partial charge on any atom is -0.508 e. The number of anilines is 1. The Balaban J connectivity index is 1.74. The van der Waals surface area contributed by atoms with Gasteiger partial charge in [0.05, 0.1) is 7.11 Å². The van der Waals surface area contributed by atoms with Crippen LogP contribution in [0.15, 0.2) is 66.7 Å². The van der Waals surface area contributed by atoms with Gasteiger partial charge in [-0.05, 0) is 101 Å². The summed E-state index contributed by atoms with van der Waals surface area (Å²) in [5.74, 6) is -0.00216. The van der Waals surface area contributed by atoms with Crippen molar-refractivity contribution in [2.24, 2.45) is 0 Å². The molecule has 3 N–H and O–H groups in total. The van der Waals surface area contributed by atoms with Gasteiger partial charge in [-0.25, -0.2) is 4.79 Å². The Morgan fingerprint density at radius 2 is 1.63 bits per heavy atom. The SMILES string of the molecule is COc1ccc(NC(=O)C(c2cc(C)ccc2C)N(C(=O)C(Cc2ccc(O)cc2)NC(=O)OC(C)(C)C)C2CC2)cc1. The fraction of sp³-hybridized carbons (Fsp3) is 0.382. The van der Waals surface area contributed by atoms with Crippen LogP contribution in [-0.4, -0.2) is 52.7 Å². The van der Waals surface area contributed by atoms with Gasteiger partial charge < -0.3 is 30.1 Å². The second-order valence-electron chi connectivity index (χ2n) is 12.0. The van der Waals surface area contributed by atoms with Crippen molar-refractivity contribution in [3.8, 4) is 11.5 Å². The van der Waals surface area contributed by atoms with Crippen LogP contribution in [0.2, 0.25) is 0 Å². The molecule has 1 fully saturated rings. The summed E-state index contributed by atoms with van der Waals surface area (Å²) in [6.07, 6.45) is 0.885. The van der Waals surface area contributed by atoms with Crippen molar-refractivity contribution in [1.82, 2.24) is 10.2 Å². The highest BCUT2D eigenvalue weighted by molar-refractivity contribution is 5.99. The molecule has 1 saturated carbocycles. The van der Waals surface area contributed by atoms with E-state index in [1.165, 1.54) is 12.1 Å². The molecule has 9 heteroatoms. The first-order valence-corrected chi connectivity index (χ1v) is 14.5. The van der Waals surface area contributed by atoms with E-state index in [2.05, 4.69) is 10.6 Å². The Bertz CT molecular complexity index is 1440. The van der Waals surface area contributed by atoms with Gasteiger partial charge in [-0.15, -0.1) is 0 Å². The maximum absolute atomic E-state index is 14.6. The number of methoxy groups -OCH3 is 1. The third kappa shape index (κ3) is 8.50. The number of ether oxygens (including phenoxy) is 2. The molecular weight excluding hydrogens is 546 g/mol. The van der Waals surface area contributed by atoms with Gasteiger partial charge in [0.15, 0.2) is 0 Å². The quantitative estimate of drug-likeness (QED) is 0.275. The summed E-state index contributed by atoms with van der Waals surface area (Å²) in [7, 11) is 1.57. The average Bonchev–Trinajstić information content (AvgIpc) is 3.78. The maximum atomic E-state index is 14.6. The lowest BCUT2D eigenvalue weighted by Gasteiger charge is -2.35. The number of hydrogen-bond donors (Lipinski definition) is 3. The van der Waals surface area contributed by atoms with Crippen LogP contribution in [0.4, 0.5) is 10.5 Å². The van der Waals surface area contributed by atoms with Gasteiger partial charge in [0.25, 0.3) is 5.91 Å². The summed E-state index contributed by atoms with van der Waals surface area (Å²) in [5.41, 5.74) is 3.07. The van der Waals surface area contributed by atoms with E-state index < -0.39 is 29.7 Å². The fourth-order valence-electron chi connectivity index (χ4n) is 4.93. The van der Waals surface area contributed by atoms with Crippen LogP contribution in [0.25, 0.3) is 0 Å². The number of nitrogens with one attached hydrogen (secondary N) is 2. The molecule has 0 aromatic heterocycles. The van der Waals surface area contributed by atoms with Crippen LogP contribution in [-0.2, 0) is 20.7 Å². The second-order valence-corrected chi connectivity index (χ2v) is 12.0. The summed E-state index contributed by atoms with van der Waals surface area (Å²) in [5, 5.41) is 15.6. The molecule has 1 aliphatic carbocycles. The molecule has 9 nitrogen and oxygen atoms in total. The summed E-state index contributed by atoms with van der Waals surface area (Å²) < 4.78 is 10.8. The van der Waals surface area contributed by atoms with E-state index in [0.29, 0.717) is 17.0 Å². The first-order valence-electron chi connectivity index (χ1n) is 14.5. The molecule has 0 aliphatic heterocycles. The summed E-state index contributed by atoms with van der Waals surface area (Å²) in [6.45, 7) is 9.12. The number of phenolic OH excluding ortho intramolecular Hbond substituents is 1. The number of nitrogens with zero attached hydrogens (tertiary/aromatic N) is 1. The minimum absolute atomic E-state index is 0.0940. The topological polar surface area (TPSA) is 117 Å². The van der Waals surface area contributed by atoms with Gasteiger partial charge in [0.2, 0.25) is 5.91 Å². The lowest BCUT2D eigenvalue weighted by atomic mass is 9.95. The third-order valence-electron chi connectivity index (χ3n) is 7.17. The van der Waals surface area contributed by atoms with E-state index in [4.69, 9.17) is 9.47 Å². The van der Waals surface area contributed by atoms with Crippen LogP contribution in [0.3, 0.4) is 0 Å². The summed E-state index contributed by atoms with van der Waals surface area (Å²) in [4.78, 5) is 43.3. The number of aryl methyl sites for hydroxylation is 2. The Labute approximate surface area is 253 Å². The number of carbonyl (C=O) groups excluding carboxylic acids is 3. The zero-order valence-electron chi connectivity index (χ0n) is 25.6. The van der Waals surface area contributed by atoms with Crippen molar-refractivity contribution in [3.63, 3.8) is 0 Å².